The Bertz CT molecular complexity index is 671. The lowest BCUT2D eigenvalue weighted by molar-refractivity contribution is 0.171. The number of nitrogens with zero attached hydrogens (tertiary/aromatic N) is 4. The van der Waals surface area contributed by atoms with Gasteiger partial charge in [-0.25, -0.2) is 13.1 Å². The number of likely N-dealkylation sites (tertiary alicyclic amines) is 1. The van der Waals surface area contributed by atoms with Gasteiger partial charge in [0.1, 0.15) is 5.82 Å². The van der Waals surface area contributed by atoms with Crippen LogP contribution in [0.4, 0.5) is 0 Å². The summed E-state index contributed by atoms with van der Waals surface area (Å²) in [6.07, 6.45) is 4.42. The molecule has 0 aromatic carbocycles. The number of piperidine rings is 1. The Balaban J connectivity index is 1.80. The second-order valence-corrected chi connectivity index (χ2v) is 8.71. The third kappa shape index (κ3) is 3.22. The van der Waals surface area contributed by atoms with Crippen molar-refractivity contribution in [3.05, 3.63) is 10.6 Å². The van der Waals surface area contributed by atoms with E-state index in [2.05, 4.69) is 10.00 Å². The Kier molecular flexibility index (Phi) is 4.20. The van der Waals surface area contributed by atoms with Gasteiger partial charge in [-0.05, 0) is 44.6 Å². The fraction of sp³-hybridized carbons (Fsp3) is 0.846. The molecule has 0 unspecified atom stereocenters. The summed E-state index contributed by atoms with van der Waals surface area (Å²) in [5, 5.41) is 4.62. The molecular weight excluding hydrogens is 308 g/mol. The maximum absolute atomic E-state index is 11.7. The van der Waals surface area contributed by atoms with Crippen molar-refractivity contribution in [3.8, 4) is 0 Å². The van der Waals surface area contributed by atoms with Crippen LogP contribution in [0.3, 0.4) is 0 Å². The monoisotopic (exact) mass is 330 g/mol. The molecule has 1 aromatic rings. The minimum Gasteiger partial charge on any atom is -0.307 e. The summed E-state index contributed by atoms with van der Waals surface area (Å²) in [6.45, 7) is 2.89. The Morgan fingerprint density at radius 1 is 1.29 bits per heavy atom. The largest absolute Gasteiger partial charge is 0.307 e. The van der Waals surface area contributed by atoms with E-state index in [0.717, 1.165) is 18.9 Å². The molecular formula is C13H22N4O2S2. The Morgan fingerprint density at radius 3 is 2.62 bits per heavy atom. The second kappa shape index (κ2) is 5.81. The van der Waals surface area contributed by atoms with Crippen molar-refractivity contribution in [2.24, 2.45) is 7.05 Å². The van der Waals surface area contributed by atoms with E-state index in [1.165, 1.54) is 19.3 Å². The van der Waals surface area contributed by atoms with E-state index in [0.29, 0.717) is 17.9 Å². The van der Waals surface area contributed by atoms with E-state index in [1.54, 1.807) is 0 Å². The lowest BCUT2D eigenvalue weighted by Gasteiger charge is -2.25. The van der Waals surface area contributed by atoms with Crippen LogP contribution in [0.15, 0.2) is 0 Å². The third-order valence-electron chi connectivity index (χ3n) is 4.45. The number of hydrogen-bond acceptors (Lipinski definition) is 5. The van der Waals surface area contributed by atoms with Crippen LogP contribution in [0.1, 0.15) is 37.4 Å². The molecule has 0 aliphatic carbocycles. The van der Waals surface area contributed by atoms with Crippen molar-refractivity contribution in [1.29, 1.82) is 0 Å². The highest BCUT2D eigenvalue weighted by molar-refractivity contribution is 7.91. The highest BCUT2D eigenvalue weighted by Crippen LogP contribution is 2.27. The molecule has 0 N–H and O–H groups in total. The van der Waals surface area contributed by atoms with E-state index >= 15 is 0 Å². The van der Waals surface area contributed by atoms with E-state index in [1.807, 2.05) is 16.3 Å². The molecule has 8 heteroatoms. The summed E-state index contributed by atoms with van der Waals surface area (Å²) in [6, 6.07) is 0. The average Bonchev–Trinajstić information content (AvgIpc) is 2.94. The fourth-order valence-electron chi connectivity index (χ4n) is 3.24. The molecule has 0 amide bonds. The fourth-order valence-corrected chi connectivity index (χ4v) is 5.17. The molecule has 6 nitrogen and oxygen atoms in total. The van der Waals surface area contributed by atoms with Crippen molar-refractivity contribution in [1.82, 2.24) is 19.2 Å². The second-order valence-electron chi connectivity index (χ2n) is 6.12. The number of sulfone groups is 1. The van der Waals surface area contributed by atoms with Crippen LogP contribution in [-0.2, 0) is 23.6 Å². The quantitative estimate of drug-likeness (QED) is 0.782. The van der Waals surface area contributed by atoms with E-state index in [9.17, 15) is 8.42 Å². The standard InChI is InChI=1S/C13H22N4O2S2/c1-15-12(11-5-8-21(18,19)9-11)14-17(13(15)20)10-16-6-3-2-4-7-16/h11H,2-10H2,1H3/t11-/m0/s1. The number of hydrogen-bond donors (Lipinski definition) is 0. The molecule has 1 aromatic heterocycles. The van der Waals surface area contributed by atoms with Crippen LogP contribution in [0.5, 0.6) is 0 Å². The Morgan fingerprint density at radius 2 is 2.00 bits per heavy atom. The van der Waals surface area contributed by atoms with Gasteiger partial charge in [-0.15, -0.1) is 0 Å². The minimum atomic E-state index is -2.90. The van der Waals surface area contributed by atoms with Crippen molar-refractivity contribution in [2.45, 2.75) is 38.3 Å². The van der Waals surface area contributed by atoms with Crippen LogP contribution in [0.25, 0.3) is 0 Å². The summed E-state index contributed by atoms with van der Waals surface area (Å²) in [7, 11) is -1.01. The van der Waals surface area contributed by atoms with Gasteiger partial charge in [-0.2, -0.15) is 5.10 Å². The van der Waals surface area contributed by atoms with Gasteiger partial charge >= 0.3 is 0 Å². The predicted molar refractivity (Wildman–Crippen MR) is 83.5 cm³/mol. The van der Waals surface area contributed by atoms with Gasteiger partial charge in [0.15, 0.2) is 14.6 Å². The van der Waals surface area contributed by atoms with Gasteiger partial charge in [0, 0.05) is 13.0 Å². The molecule has 3 rings (SSSR count). The zero-order valence-electron chi connectivity index (χ0n) is 12.4. The zero-order valence-corrected chi connectivity index (χ0v) is 14.0. The molecule has 2 saturated heterocycles. The number of rotatable bonds is 3. The summed E-state index contributed by atoms with van der Waals surface area (Å²) in [5.74, 6) is 1.28. The molecule has 0 bridgehead atoms. The Labute approximate surface area is 130 Å². The highest BCUT2D eigenvalue weighted by atomic mass is 32.2. The van der Waals surface area contributed by atoms with E-state index in [-0.39, 0.29) is 17.4 Å². The molecule has 2 aliphatic heterocycles. The third-order valence-corrected chi connectivity index (χ3v) is 6.71. The molecule has 0 radical (unpaired) electrons. The van der Waals surface area contributed by atoms with Crippen LogP contribution < -0.4 is 0 Å². The van der Waals surface area contributed by atoms with E-state index < -0.39 is 9.84 Å². The van der Waals surface area contributed by atoms with E-state index in [4.69, 9.17) is 12.2 Å². The first-order valence-corrected chi connectivity index (χ1v) is 9.76. The molecule has 1 atom stereocenters. The lowest BCUT2D eigenvalue weighted by Crippen LogP contribution is -2.32. The van der Waals surface area contributed by atoms with Crippen LogP contribution in [-0.4, -0.2) is 52.3 Å². The normalized spacial score (nSPS) is 26.2. The summed E-state index contributed by atoms with van der Waals surface area (Å²) < 4.78 is 27.7. The van der Waals surface area contributed by atoms with Crippen molar-refractivity contribution in [3.63, 3.8) is 0 Å². The zero-order chi connectivity index (χ0) is 15.0. The topological polar surface area (TPSA) is 60.1 Å². The predicted octanol–water partition coefficient (Wildman–Crippen LogP) is 1.30. The molecule has 0 saturated carbocycles. The maximum atomic E-state index is 11.7. The van der Waals surface area contributed by atoms with Crippen LogP contribution in [0, 0.1) is 4.77 Å². The average molecular weight is 330 g/mol. The first-order chi connectivity index (χ1) is 9.96. The SMILES string of the molecule is Cn1c([C@H]2CCS(=O)(=O)C2)nn(CN2CCCCC2)c1=S. The minimum absolute atomic E-state index is 0.00990. The van der Waals surface area contributed by atoms with Crippen molar-refractivity contribution >= 4 is 22.1 Å². The van der Waals surface area contributed by atoms with Crippen LogP contribution in [0.2, 0.25) is 0 Å². The van der Waals surface area contributed by atoms with Crippen molar-refractivity contribution < 1.29 is 8.42 Å². The van der Waals surface area contributed by atoms with Gasteiger partial charge in [0.2, 0.25) is 0 Å². The lowest BCUT2D eigenvalue weighted by atomic mass is 10.1. The van der Waals surface area contributed by atoms with Gasteiger partial charge in [-0.1, -0.05) is 6.42 Å². The number of aromatic nitrogens is 3. The highest BCUT2D eigenvalue weighted by Gasteiger charge is 2.32. The van der Waals surface area contributed by atoms with Crippen molar-refractivity contribution in [2.75, 3.05) is 24.6 Å². The van der Waals surface area contributed by atoms with Gasteiger partial charge < -0.3 is 4.57 Å². The first-order valence-electron chi connectivity index (χ1n) is 7.53. The van der Waals surface area contributed by atoms with Gasteiger partial charge in [0.25, 0.3) is 0 Å². The summed E-state index contributed by atoms with van der Waals surface area (Å²) in [5.41, 5.74) is 0. The van der Waals surface area contributed by atoms with Crippen LogP contribution >= 0.6 is 12.2 Å². The molecule has 2 fully saturated rings. The molecule has 118 valence electrons. The molecule has 0 spiro atoms. The summed E-state index contributed by atoms with van der Waals surface area (Å²) in [4.78, 5) is 2.36. The maximum Gasteiger partial charge on any atom is 0.198 e. The molecule has 21 heavy (non-hydrogen) atoms. The molecule has 3 heterocycles. The summed E-state index contributed by atoms with van der Waals surface area (Å²) >= 11 is 5.46. The molecule has 2 aliphatic rings. The smallest absolute Gasteiger partial charge is 0.198 e. The van der Waals surface area contributed by atoms with Gasteiger partial charge in [-0.3, -0.25) is 4.90 Å². The first kappa shape index (κ1) is 15.2. The van der Waals surface area contributed by atoms with Gasteiger partial charge in [0.05, 0.1) is 18.2 Å². The Hall–Kier alpha value is -0.730.